The first-order valence-electron chi connectivity index (χ1n) is 5.11. The maximum absolute atomic E-state index is 11.7. The quantitative estimate of drug-likeness (QED) is 0.787. The third kappa shape index (κ3) is 2.83. The van der Waals surface area contributed by atoms with Crippen LogP contribution in [0.5, 0.6) is 0 Å². The van der Waals surface area contributed by atoms with E-state index in [1.165, 1.54) is 6.26 Å². The zero-order chi connectivity index (χ0) is 11.4. The van der Waals surface area contributed by atoms with E-state index in [4.69, 9.17) is 10.2 Å². The normalized spacial score (nSPS) is 14.7. The molecule has 0 fully saturated rings. The van der Waals surface area contributed by atoms with E-state index in [0.717, 1.165) is 5.56 Å². The summed E-state index contributed by atoms with van der Waals surface area (Å²) in [5.74, 6) is 0.459. The molecule has 0 spiro atoms. The minimum Gasteiger partial charge on any atom is -0.459 e. The van der Waals surface area contributed by atoms with Crippen molar-refractivity contribution in [2.24, 2.45) is 11.7 Å². The molecule has 0 aliphatic carbocycles. The zero-order valence-electron chi connectivity index (χ0n) is 9.41. The Hall–Kier alpha value is -1.29. The minimum atomic E-state index is -0.176. The molecule has 2 atom stereocenters. The van der Waals surface area contributed by atoms with Gasteiger partial charge in [-0.3, -0.25) is 4.79 Å². The maximum Gasteiger partial charge on any atom is 0.287 e. The highest BCUT2D eigenvalue weighted by Crippen LogP contribution is 2.09. The van der Waals surface area contributed by atoms with Gasteiger partial charge in [-0.2, -0.15) is 0 Å². The van der Waals surface area contributed by atoms with Gasteiger partial charge in [-0.1, -0.05) is 6.92 Å². The van der Waals surface area contributed by atoms with Crippen LogP contribution in [-0.4, -0.2) is 18.5 Å². The van der Waals surface area contributed by atoms with Crippen molar-refractivity contribution >= 4 is 5.91 Å². The molecule has 0 saturated carbocycles. The lowest BCUT2D eigenvalue weighted by Crippen LogP contribution is -2.39. The van der Waals surface area contributed by atoms with Crippen LogP contribution in [0, 0.1) is 12.8 Å². The van der Waals surface area contributed by atoms with Gasteiger partial charge in [0.1, 0.15) is 0 Å². The SMILES string of the molecule is Cc1ccoc1C(=O)NC(C)C(C)CN. The summed E-state index contributed by atoms with van der Waals surface area (Å²) in [6.07, 6.45) is 1.52. The maximum atomic E-state index is 11.7. The predicted molar refractivity (Wildman–Crippen MR) is 58.6 cm³/mol. The van der Waals surface area contributed by atoms with Crippen molar-refractivity contribution in [2.45, 2.75) is 26.8 Å². The standard InChI is InChI=1S/C11H18N2O2/c1-7-4-5-15-10(7)11(14)13-9(3)8(2)6-12/h4-5,8-9H,6,12H2,1-3H3,(H,13,14). The zero-order valence-corrected chi connectivity index (χ0v) is 9.41. The fourth-order valence-corrected chi connectivity index (χ4v) is 1.22. The van der Waals surface area contributed by atoms with E-state index in [0.29, 0.717) is 12.3 Å². The summed E-state index contributed by atoms with van der Waals surface area (Å²) in [6.45, 7) is 6.33. The number of rotatable bonds is 4. The van der Waals surface area contributed by atoms with Crippen LogP contribution in [0.25, 0.3) is 0 Å². The Bertz CT molecular complexity index is 333. The Balaban J connectivity index is 2.60. The number of carbonyl (C=O) groups is 1. The van der Waals surface area contributed by atoms with E-state index in [9.17, 15) is 4.79 Å². The first kappa shape index (κ1) is 11.8. The lowest BCUT2D eigenvalue weighted by Gasteiger charge is -2.19. The van der Waals surface area contributed by atoms with Crippen molar-refractivity contribution in [3.05, 3.63) is 23.7 Å². The summed E-state index contributed by atoms with van der Waals surface area (Å²) in [4.78, 5) is 11.7. The number of nitrogens with one attached hydrogen (secondary N) is 1. The molecule has 1 aromatic rings. The third-order valence-corrected chi connectivity index (χ3v) is 2.65. The molecule has 0 aliphatic rings. The van der Waals surface area contributed by atoms with Crippen molar-refractivity contribution < 1.29 is 9.21 Å². The average Bonchev–Trinajstić information content (AvgIpc) is 2.63. The molecule has 1 heterocycles. The molecule has 84 valence electrons. The molecule has 0 aliphatic heterocycles. The van der Waals surface area contributed by atoms with E-state index >= 15 is 0 Å². The van der Waals surface area contributed by atoms with Gasteiger partial charge >= 0.3 is 0 Å². The highest BCUT2D eigenvalue weighted by atomic mass is 16.3. The van der Waals surface area contributed by atoms with E-state index in [1.807, 2.05) is 20.8 Å². The van der Waals surface area contributed by atoms with Gasteiger partial charge in [0.2, 0.25) is 0 Å². The van der Waals surface area contributed by atoms with Gasteiger partial charge in [-0.15, -0.1) is 0 Å². The number of carbonyl (C=O) groups excluding carboxylic acids is 1. The summed E-state index contributed by atoms with van der Waals surface area (Å²) < 4.78 is 5.10. The number of amides is 1. The van der Waals surface area contributed by atoms with Crippen molar-refractivity contribution in [1.29, 1.82) is 0 Å². The van der Waals surface area contributed by atoms with Crippen LogP contribution in [-0.2, 0) is 0 Å². The minimum absolute atomic E-state index is 0.0481. The van der Waals surface area contributed by atoms with E-state index < -0.39 is 0 Å². The van der Waals surface area contributed by atoms with Gasteiger partial charge in [0.05, 0.1) is 6.26 Å². The van der Waals surface area contributed by atoms with Crippen LogP contribution >= 0.6 is 0 Å². The smallest absolute Gasteiger partial charge is 0.287 e. The van der Waals surface area contributed by atoms with Gasteiger partial charge in [0.25, 0.3) is 5.91 Å². The van der Waals surface area contributed by atoms with Crippen molar-refractivity contribution in [1.82, 2.24) is 5.32 Å². The summed E-state index contributed by atoms with van der Waals surface area (Å²) in [5.41, 5.74) is 6.37. The first-order chi connectivity index (χ1) is 7.06. The second kappa shape index (κ2) is 4.98. The van der Waals surface area contributed by atoms with Crippen molar-refractivity contribution in [3.8, 4) is 0 Å². The van der Waals surface area contributed by atoms with Crippen LogP contribution in [0.15, 0.2) is 16.7 Å². The van der Waals surface area contributed by atoms with Gasteiger partial charge in [-0.25, -0.2) is 0 Å². The average molecular weight is 210 g/mol. The van der Waals surface area contributed by atoms with Crippen LogP contribution in [0.3, 0.4) is 0 Å². The molecule has 0 aromatic carbocycles. The lowest BCUT2D eigenvalue weighted by molar-refractivity contribution is 0.0900. The molecule has 3 N–H and O–H groups in total. The molecule has 2 unspecified atom stereocenters. The van der Waals surface area contributed by atoms with E-state index in [-0.39, 0.29) is 17.9 Å². The molecule has 4 heteroatoms. The second-order valence-corrected chi connectivity index (χ2v) is 3.91. The molecular formula is C11H18N2O2. The van der Waals surface area contributed by atoms with Gasteiger partial charge in [0, 0.05) is 11.6 Å². The topological polar surface area (TPSA) is 68.3 Å². The monoisotopic (exact) mass is 210 g/mol. The summed E-state index contributed by atoms with van der Waals surface area (Å²) >= 11 is 0. The number of hydrogen-bond acceptors (Lipinski definition) is 3. The molecule has 1 amide bonds. The van der Waals surface area contributed by atoms with Crippen molar-refractivity contribution in [2.75, 3.05) is 6.54 Å². The Morgan fingerprint density at radius 3 is 2.73 bits per heavy atom. The molecule has 0 saturated heterocycles. The largest absolute Gasteiger partial charge is 0.459 e. The fourth-order valence-electron chi connectivity index (χ4n) is 1.22. The molecule has 0 radical (unpaired) electrons. The summed E-state index contributed by atoms with van der Waals surface area (Å²) in [6, 6.07) is 1.82. The molecule has 0 bridgehead atoms. The third-order valence-electron chi connectivity index (χ3n) is 2.65. The van der Waals surface area contributed by atoms with Gasteiger partial charge < -0.3 is 15.5 Å². The summed E-state index contributed by atoms with van der Waals surface area (Å²) in [5, 5.41) is 2.86. The molecule has 4 nitrogen and oxygen atoms in total. The highest BCUT2D eigenvalue weighted by Gasteiger charge is 2.17. The molecule has 15 heavy (non-hydrogen) atoms. The number of nitrogens with two attached hydrogens (primary N) is 1. The molecule has 1 aromatic heterocycles. The Kier molecular flexibility index (Phi) is 3.91. The van der Waals surface area contributed by atoms with Gasteiger partial charge in [-0.05, 0) is 32.4 Å². The van der Waals surface area contributed by atoms with Crippen molar-refractivity contribution in [3.63, 3.8) is 0 Å². The van der Waals surface area contributed by atoms with Crippen LogP contribution in [0.1, 0.15) is 30.0 Å². The molecule has 1 rings (SSSR count). The second-order valence-electron chi connectivity index (χ2n) is 3.91. The Morgan fingerprint density at radius 1 is 1.60 bits per heavy atom. The van der Waals surface area contributed by atoms with Gasteiger partial charge in [0.15, 0.2) is 5.76 Å². The first-order valence-corrected chi connectivity index (χ1v) is 5.11. The van der Waals surface area contributed by atoms with Crippen LogP contribution < -0.4 is 11.1 Å². The molecular weight excluding hydrogens is 192 g/mol. The predicted octanol–water partition coefficient (Wildman–Crippen LogP) is 1.30. The highest BCUT2D eigenvalue weighted by molar-refractivity contribution is 5.92. The fraction of sp³-hybridized carbons (Fsp3) is 0.545. The van der Waals surface area contributed by atoms with Crippen LogP contribution in [0.4, 0.5) is 0 Å². The van der Waals surface area contributed by atoms with Crippen LogP contribution in [0.2, 0.25) is 0 Å². The van der Waals surface area contributed by atoms with E-state index in [1.54, 1.807) is 6.07 Å². The lowest BCUT2D eigenvalue weighted by atomic mass is 10.0. The number of furan rings is 1. The Morgan fingerprint density at radius 2 is 2.27 bits per heavy atom. The Labute approximate surface area is 89.8 Å². The number of hydrogen-bond donors (Lipinski definition) is 2. The summed E-state index contributed by atoms with van der Waals surface area (Å²) in [7, 11) is 0. The van der Waals surface area contributed by atoms with E-state index in [2.05, 4.69) is 5.32 Å². The number of aryl methyl sites for hydroxylation is 1.